The third-order valence-electron chi connectivity index (χ3n) is 6.02. The number of rotatable bonds is 4. The highest BCUT2D eigenvalue weighted by Crippen LogP contribution is 2.35. The van der Waals surface area contributed by atoms with Crippen molar-refractivity contribution < 1.29 is 14.2 Å². The van der Waals surface area contributed by atoms with E-state index in [9.17, 15) is 9.50 Å². The molecule has 5 nitrogen and oxygen atoms in total. The van der Waals surface area contributed by atoms with Crippen LogP contribution in [0.5, 0.6) is 11.6 Å². The topological polar surface area (TPSA) is 67.3 Å². The SMILES string of the molecule is Cc1cc(-c2ccc(-c3ccc(O[C@H]4CC5CCCC(N5)[C@H]4F)nn3)c(O)c2)cs1. The maximum absolute atomic E-state index is 14.7. The standard InChI is InChI=1S/C23H24FN3O2S/c1-13-9-15(12-30-13)14-5-6-17(20(28)10-14)18-7-8-22(27-26-18)29-21-11-16-3-2-4-19(25-16)23(21)24/h5-10,12,16,19,21,23,25,28H,2-4,11H2,1H3/t16?,19?,21-,23+/m0/s1. The third kappa shape index (κ3) is 3.79. The summed E-state index contributed by atoms with van der Waals surface area (Å²) in [5, 5.41) is 24.3. The maximum atomic E-state index is 14.7. The highest BCUT2D eigenvalue weighted by atomic mass is 32.1. The van der Waals surface area contributed by atoms with E-state index >= 15 is 0 Å². The molecule has 0 saturated carbocycles. The Morgan fingerprint density at radius 2 is 2.03 bits per heavy atom. The summed E-state index contributed by atoms with van der Waals surface area (Å²) in [6.07, 6.45) is 2.09. The van der Waals surface area contributed by atoms with E-state index in [2.05, 4.69) is 33.9 Å². The number of halogens is 1. The fourth-order valence-electron chi connectivity index (χ4n) is 4.48. The van der Waals surface area contributed by atoms with Crippen molar-refractivity contribution in [3.8, 4) is 34.0 Å². The van der Waals surface area contributed by atoms with Crippen molar-refractivity contribution >= 4 is 11.3 Å². The Morgan fingerprint density at radius 1 is 1.13 bits per heavy atom. The predicted octanol–water partition coefficient (Wildman–Crippen LogP) is 4.89. The minimum Gasteiger partial charge on any atom is -0.507 e. The van der Waals surface area contributed by atoms with Crippen molar-refractivity contribution in [1.82, 2.24) is 15.5 Å². The number of aromatic hydroxyl groups is 1. The molecule has 2 N–H and O–H groups in total. The van der Waals surface area contributed by atoms with Gasteiger partial charge < -0.3 is 15.2 Å². The van der Waals surface area contributed by atoms with Gasteiger partial charge in [0, 0.05) is 35.0 Å². The van der Waals surface area contributed by atoms with Gasteiger partial charge >= 0.3 is 0 Å². The van der Waals surface area contributed by atoms with E-state index in [1.165, 1.54) is 4.88 Å². The molecule has 1 aromatic carbocycles. The number of nitrogens with one attached hydrogen (secondary N) is 1. The highest BCUT2D eigenvalue weighted by Gasteiger charge is 2.41. The Kier molecular flexibility index (Phi) is 5.16. The van der Waals surface area contributed by atoms with E-state index in [0.29, 0.717) is 29.6 Å². The normalized spacial score (nSPS) is 25.8. The molecule has 4 atom stereocenters. The first-order chi connectivity index (χ1) is 14.6. The predicted molar refractivity (Wildman–Crippen MR) is 116 cm³/mol. The Balaban J connectivity index is 1.31. The lowest BCUT2D eigenvalue weighted by atomic mass is 9.84. The van der Waals surface area contributed by atoms with Gasteiger partial charge in [0.15, 0.2) is 6.17 Å². The van der Waals surface area contributed by atoms with E-state index < -0.39 is 12.3 Å². The van der Waals surface area contributed by atoms with Gasteiger partial charge in [-0.1, -0.05) is 12.5 Å². The molecule has 2 saturated heterocycles. The summed E-state index contributed by atoms with van der Waals surface area (Å²) >= 11 is 1.68. The number of aromatic nitrogens is 2. The number of piperidine rings is 2. The zero-order valence-electron chi connectivity index (χ0n) is 16.7. The van der Waals surface area contributed by atoms with Gasteiger partial charge in [-0.2, -0.15) is 0 Å². The molecule has 0 spiro atoms. The molecule has 156 valence electrons. The zero-order chi connectivity index (χ0) is 20.7. The largest absolute Gasteiger partial charge is 0.507 e. The number of ether oxygens (including phenoxy) is 1. The Morgan fingerprint density at radius 3 is 2.77 bits per heavy atom. The third-order valence-corrected chi connectivity index (χ3v) is 6.89. The van der Waals surface area contributed by atoms with Crippen molar-refractivity contribution in [3.63, 3.8) is 0 Å². The van der Waals surface area contributed by atoms with Crippen molar-refractivity contribution in [1.29, 1.82) is 0 Å². The fourth-order valence-corrected chi connectivity index (χ4v) is 5.19. The minimum atomic E-state index is -1.04. The van der Waals surface area contributed by atoms with Crippen molar-refractivity contribution in [2.45, 2.75) is 57.0 Å². The molecule has 0 aliphatic carbocycles. The van der Waals surface area contributed by atoms with Crippen LogP contribution >= 0.6 is 11.3 Å². The van der Waals surface area contributed by atoms with Crippen LogP contribution in [0.4, 0.5) is 4.39 Å². The van der Waals surface area contributed by atoms with Gasteiger partial charge in [0.05, 0.1) is 5.69 Å². The number of aryl methyl sites for hydroxylation is 1. The number of hydrogen-bond acceptors (Lipinski definition) is 6. The average Bonchev–Trinajstić information content (AvgIpc) is 3.19. The van der Waals surface area contributed by atoms with Crippen LogP contribution in [0.3, 0.4) is 0 Å². The van der Waals surface area contributed by atoms with Gasteiger partial charge in [-0.05, 0) is 60.5 Å². The quantitative estimate of drug-likeness (QED) is 0.623. The van der Waals surface area contributed by atoms with E-state index in [0.717, 1.165) is 30.4 Å². The monoisotopic (exact) mass is 425 g/mol. The van der Waals surface area contributed by atoms with E-state index in [1.807, 2.05) is 12.1 Å². The number of benzene rings is 1. The lowest BCUT2D eigenvalue weighted by molar-refractivity contribution is 0.00652. The first-order valence-corrected chi connectivity index (χ1v) is 11.2. The molecule has 5 rings (SSSR count). The molecule has 0 radical (unpaired) electrons. The van der Waals surface area contributed by atoms with Crippen LogP contribution in [0.1, 0.15) is 30.6 Å². The van der Waals surface area contributed by atoms with Crippen LogP contribution in [0.15, 0.2) is 41.8 Å². The minimum absolute atomic E-state index is 0.128. The van der Waals surface area contributed by atoms with Crippen molar-refractivity contribution in [2.75, 3.05) is 0 Å². The maximum Gasteiger partial charge on any atom is 0.233 e. The molecule has 7 heteroatoms. The Bertz CT molecular complexity index is 1040. The second kappa shape index (κ2) is 7.96. The van der Waals surface area contributed by atoms with Crippen LogP contribution in [0.25, 0.3) is 22.4 Å². The van der Waals surface area contributed by atoms with Gasteiger partial charge in [-0.25, -0.2) is 4.39 Å². The number of phenolic OH excluding ortho intramolecular Hbond substituents is 1. The molecule has 2 aliphatic heterocycles. The lowest BCUT2D eigenvalue weighted by Gasteiger charge is -2.42. The van der Waals surface area contributed by atoms with Crippen LogP contribution in [-0.4, -0.2) is 39.7 Å². The summed E-state index contributed by atoms with van der Waals surface area (Å²) in [6.45, 7) is 2.06. The summed E-state index contributed by atoms with van der Waals surface area (Å²) in [5.74, 6) is 0.463. The Labute approximate surface area is 178 Å². The van der Waals surface area contributed by atoms with E-state index in [1.54, 1.807) is 29.5 Å². The zero-order valence-corrected chi connectivity index (χ0v) is 17.5. The molecule has 3 aromatic rings. The number of alkyl halides is 1. The fraction of sp³-hybridized carbons (Fsp3) is 0.391. The number of phenols is 1. The molecule has 30 heavy (non-hydrogen) atoms. The number of nitrogens with zero attached hydrogens (tertiary/aromatic N) is 2. The molecule has 2 bridgehead atoms. The number of thiophene rings is 1. The molecule has 2 unspecified atom stereocenters. The second-order valence-electron chi connectivity index (χ2n) is 8.17. The van der Waals surface area contributed by atoms with Crippen LogP contribution in [-0.2, 0) is 0 Å². The summed E-state index contributed by atoms with van der Waals surface area (Å²) in [6, 6.07) is 11.3. The van der Waals surface area contributed by atoms with E-state index in [-0.39, 0.29) is 11.8 Å². The van der Waals surface area contributed by atoms with Crippen LogP contribution in [0.2, 0.25) is 0 Å². The first-order valence-electron chi connectivity index (χ1n) is 10.4. The van der Waals surface area contributed by atoms with Gasteiger partial charge in [0.25, 0.3) is 0 Å². The van der Waals surface area contributed by atoms with Gasteiger partial charge in [0.1, 0.15) is 11.9 Å². The smallest absolute Gasteiger partial charge is 0.233 e. The summed E-state index contributed by atoms with van der Waals surface area (Å²) in [5.41, 5.74) is 3.19. The molecular formula is C23H24FN3O2S. The second-order valence-corrected chi connectivity index (χ2v) is 9.29. The molecule has 0 amide bonds. The van der Waals surface area contributed by atoms with Crippen molar-refractivity contribution in [3.05, 3.63) is 46.7 Å². The number of hydrogen-bond donors (Lipinski definition) is 2. The van der Waals surface area contributed by atoms with Crippen LogP contribution < -0.4 is 10.1 Å². The Hall–Kier alpha value is -2.51. The summed E-state index contributed by atoms with van der Waals surface area (Å²) in [4.78, 5) is 1.22. The average molecular weight is 426 g/mol. The van der Waals surface area contributed by atoms with Crippen molar-refractivity contribution in [2.24, 2.45) is 0 Å². The summed E-state index contributed by atoms with van der Waals surface area (Å²) in [7, 11) is 0. The molecule has 2 aromatic heterocycles. The molecule has 2 aliphatic rings. The van der Waals surface area contributed by atoms with Gasteiger partial charge in [-0.15, -0.1) is 21.5 Å². The number of fused-ring (bicyclic) bond motifs is 2. The van der Waals surface area contributed by atoms with E-state index in [4.69, 9.17) is 4.74 Å². The van der Waals surface area contributed by atoms with Gasteiger partial charge in [0.2, 0.25) is 5.88 Å². The first kappa shape index (κ1) is 19.5. The highest BCUT2D eigenvalue weighted by molar-refractivity contribution is 7.10. The van der Waals surface area contributed by atoms with Crippen LogP contribution in [0, 0.1) is 6.92 Å². The molecule has 4 heterocycles. The van der Waals surface area contributed by atoms with Gasteiger partial charge in [-0.3, -0.25) is 0 Å². The molecular weight excluding hydrogens is 401 g/mol. The summed E-state index contributed by atoms with van der Waals surface area (Å²) < 4.78 is 20.6. The molecule has 2 fully saturated rings. The lowest BCUT2D eigenvalue weighted by Crippen LogP contribution is -2.59.